The smallest absolute Gasteiger partial charge is 0.221 e. The van der Waals surface area contributed by atoms with E-state index in [-0.39, 0.29) is 29.7 Å². The first-order valence-corrected chi connectivity index (χ1v) is 16.6. The van der Waals surface area contributed by atoms with Gasteiger partial charge in [0.05, 0.1) is 5.70 Å². The molecule has 0 unspecified atom stereocenters. The molecule has 1 fully saturated rings. The number of allylic oxidation sites excluding steroid dienone is 1. The Morgan fingerprint density at radius 1 is 0.956 bits per heavy atom. The van der Waals surface area contributed by atoms with Crippen LogP contribution in [-0.2, 0) is 11.3 Å². The van der Waals surface area contributed by atoms with Crippen molar-refractivity contribution in [2.75, 3.05) is 19.6 Å². The van der Waals surface area contributed by atoms with E-state index in [9.17, 15) is 14.9 Å². The summed E-state index contributed by atoms with van der Waals surface area (Å²) in [7, 11) is 0. The van der Waals surface area contributed by atoms with Crippen molar-refractivity contribution >= 4 is 39.9 Å². The maximum atomic E-state index is 13.5. The molecule has 6 rings (SSSR count). The fraction of sp³-hybridized carbons (Fsp3) is 0.289. The van der Waals surface area contributed by atoms with Gasteiger partial charge in [-0.3, -0.25) is 14.5 Å². The van der Waals surface area contributed by atoms with Crippen LogP contribution in [-0.4, -0.2) is 42.3 Å². The lowest BCUT2D eigenvalue weighted by molar-refractivity contribution is -0.122. The molecule has 0 aromatic heterocycles. The number of amides is 1. The number of carbonyl (C=O) groups excluding carboxylic acids is 2. The van der Waals surface area contributed by atoms with Gasteiger partial charge in [-0.2, -0.15) is 5.26 Å². The SMILES string of the molecule is CC(C)c1ccc(Sc2ccc3c4c(cccc24)C(=O)C(C#N)=C3NCCC(=O)NC2CCN(Cc3ccccc3)CC2)cc1. The molecule has 228 valence electrons. The molecule has 7 heteroatoms. The normalized spacial score (nSPS) is 15.4. The summed E-state index contributed by atoms with van der Waals surface area (Å²) in [4.78, 5) is 31.0. The molecular formula is C38H38N4O2S. The molecule has 1 aliphatic carbocycles. The summed E-state index contributed by atoms with van der Waals surface area (Å²) in [5, 5.41) is 18.3. The largest absolute Gasteiger partial charge is 0.383 e. The highest BCUT2D eigenvalue weighted by Crippen LogP contribution is 2.41. The van der Waals surface area contributed by atoms with Gasteiger partial charge < -0.3 is 10.6 Å². The number of nitrogens with zero attached hydrogens (tertiary/aromatic N) is 2. The van der Waals surface area contributed by atoms with Gasteiger partial charge in [-0.25, -0.2) is 0 Å². The number of ketones is 1. The molecule has 0 saturated carbocycles. The van der Waals surface area contributed by atoms with Crippen LogP contribution < -0.4 is 10.6 Å². The van der Waals surface area contributed by atoms with Crippen molar-refractivity contribution in [3.05, 3.63) is 113 Å². The number of nitriles is 1. The average molecular weight is 615 g/mol. The molecule has 2 aliphatic rings. The number of hydrogen-bond donors (Lipinski definition) is 2. The molecule has 1 amide bonds. The van der Waals surface area contributed by atoms with Crippen LogP contribution in [0.1, 0.15) is 66.1 Å². The minimum Gasteiger partial charge on any atom is -0.383 e. The summed E-state index contributed by atoms with van der Waals surface area (Å²) in [6.45, 7) is 7.53. The lowest BCUT2D eigenvalue weighted by Crippen LogP contribution is -2.44. The maximum absolute atomic E-state index is 13.5. The third-order valence-electron chi connectivity index (χ3n) is 8.73. The van der Waals surface area contributed by atoms with Crippen LogP contribution in [0.15, 0.2) is 100 Å². The third-order valence-corrected chi connectivity index (χ3v) is 9.82. The van der Waals surface area contributed by atoms with Crippen LogP contribution in [0.3, 0.4) is 0 Å². The van der Waals surface area contributed by atoms with Gasteiger partial charge in [0.1, 0.15) is 11.6 Å². The summed E-state index contributed by atoms with van der Waals surface area (Å²) in [5.41, 5.74) is 4.56. The quantitative estimate of drug-likeness (QED) is 0.195. The predicted molar refractivity (Wildman–Crippen MR) is 181 cm³/mol. The Hall–Kier alpha value is -4.38. The predicted octanol–water partition coefficient (Wildman–Crippen LogP) is 7.31. The molecule has 0 atom stereocenters. The van der Waals surface area contributed by atoms with E-state index in [2.05, 4.69) is 90.0 Å². The van der Waals surface area contributed by atoms with Crippen LogP contribution in [0.4, 0.5) is 0 Å². The van der Waals surface area contributed by atoms with Gasteiger partial charge in [-0.1, -0.05) is 92.3 Å². The zero-order valence-electron chi connectivity index (χ0n) is 25.8. The second kappa shape index (κ2) is 13.7. The first-order chi connectivity index (χ1) is 21.9. The van der Waals surface area contributed by atoms with Gasteiger partial charge in [0.15, 0.2) is 0 Å². The molecule has 0 bridgehead atoms. The molecule has 1 heterocycles. The lowest BCUT2D eigenvalue weighted by Gasteiger charge is -2.32. The van der Waals surface area contributed by atoms with E-state index in [1.165, 1.54) is 11.1 Å². The molecule has 2 N–H and O–H groups in total. The van der Waals surface area contributed by atoms with Crippen molar-refractivity contribution in [1.82, 2.24) is 15.5 Å². The summed E-state index contributed by atoms with van der Waals surface area (Å²) in [5.74, 6) is 0.163. The molecular weight excluding hydrogens is 577 g/mol. The van der Waals surface area contributed by atoms with Crippen molar-refractivity contribution in [1.29, 1.82) is 5.26 Å². The molecule has 0 spiro atoms. The van der Waals surface area contributed by atoms with E-state index in [4.69, 9.17) is 0 Å². The monoisotopic (exact) mass is 614 g/mol. The Morgan fingerprint density at radius 3 is 2.42 bits per heavy atom. The van der Waals surface area contributed by atoms with Crippen molar-refractivity contribution < 1.29 is 9.59 Å². The Bertz CT molecular complexity index is 1780. The molecule has 1 saturated heterocycles. The second-order valence-electron chi connectivity index (χ2n) is 12.1. The van der Waals surface area contributed by atoms with Crippen LogP contribution in [0.5, 0.6) is 0 Å². The number of rotatable bonds is 10. The fourth-order valence-electron chi connectivity index (χ4n) is 6.27. The summed E-state index contributed by atoms with van der Waals surface area (Å²) in [6.07, 6.45) is 2.10. The van der Waals surface area contributed by atoms with Gasteiger partial charge in [0.2, 0.25) is 11.7 Å². The number of nitrogens with one attached hydrogen (secondary N) is 2. The average Bonchev–Trinajstić information content (AvgIpc) is 3.05. The number of Topliss-reactive ketones (excluding diaryl/α,β-unsaturated/α-hetero) is 1. The van der Waals surface area contributed by atoms with E-state index < -0.39 is 0 Å². The summed E-state index contributed by atoms with van der Waals surface area (Å²) >= 11 is 1.67. The number of piperidine rings is 1. The zero-order chi connectivity index (χ0) is 31.3. The van der Waals surface area contributed by atoms with Crippen LogP contribution in [0, 0.1) is 11.3 Å². The highest BCUT2D eigenvalue weighted by atomic mass is 32.2. The highest BCUT2D eigenvalue weighted by Gasteiger charge is 2.29. The number of hydrogen-bond acceptors (Lipinski definition) is 6. The Labute approximate surface area is 269 Å². The maximum Gasteiger partial charge on any atom is 0.221 e. The Morgan fingerprint density at radius 2 is 1.71 bits per heavy atom. The minimum absolute atomic E-state index is 0.0222. The van der Waals surface area contributed by atoms with Gasteiger partial charge in [0.25, 0.3) is 0 Å². The van der Waals surface area contributed by atoms with Crippen molar-refractivity contribution in [2.45, 2.75) is 61.4 Å². The van der Waals surface area contributed by atoms with E-state index in [0.717, 1.165) is 58.6 Å². The fourth-order valence-corrected chi connectivity index (χ4v) is 7.21. The van der Waals surface area contributed by atoms with Gasteiger partial charge in [-0.05, 0) is 53.5 Å². The molecule has 45 heavy (non-hydrogen) atoms. The molecule has 6 nitrogen and oxygen atoms in total. The summed E-state index contributed by atoms with van der Waals surface area (Å²) in [6, 6.07) is 31.1. The Kier molecular flexibility index (Phi) is 9.34. The van der Waals surface area contributed by atoms with Crippen LogP contribution >= 0.6 is 11.8 Å². The standard InChI is InChI=1S/C38H38N4O2S/c1-25(2)27-11-13-29(14-12-27)45-34-16-15-31-36-30(34)9-6-10-32(36)38(44)33(23-39)37(31)40-20-17-35(43)41-28-18-21-42(22-19-28)24-26-7-4-3-5-8-26/h3-16,25,28,40H,17-22,24H2,1-2H3,(H,41,43). The molecule has 1 aliphatic heterocycles. The van der Waals surface area contributed by atoms with Gasteiger partial charge in [0, 0.05) is 64.9 Å². The van der Waals surface area contributed by atoms with Crippen molar-refractivity contribution in [3.8, 4) is 6.07 Å². The molecule has 0 radical (unpaired) electrons. The van der Waals surface area contributed by atoms with Crippen LogP contribution in [0.25, 0.3) is 16.5 Å². The van der Waals surface area contributed by atoms with Gasteiger partial charge >= 0.3 is 0 Å². The third kappa shape index (κ3) is 6.83. The zero-order valence-corrected chi connectivity index (χ0v) is 26.6. The van der Waals surface area contributed by atoms with Crippen LogP contribution in [0.2, 0.25) is 0 Å². The number of benzene rings is 4. The van der Waals surface area contributed by atoms with E-state index in [0.29, 0.717) is 23.7 Å². The van der Waals surface area contributed by atoms with E-state index in [1.807, 2.05) is 24.3 Å². The lowest BCUT2D eigenvalue weighted by atomic mass is 9.86. The summed E-state index contributed by atoms with van der Waals surface area (Å²) < 4.78 is 0. The first-order valence-electron chi connectivity index (χ1n) is 15.7. The number of likely N-dealkylation sites (tertiary alicyclic amines) is 1. The van der Waals surface area contributed by atoms with E-state index in [1.54, 1.807) is 17.8 Å². The molecule has 4 aromatic carbocycles. The second-order valence-corrected chi connectivity index (χ2v) is 13.3. The van der Waals surface area contributed by atoms with Gasteiger partial charge in [-0.15, -0.1) is 0 Å². The van der Waals surface area contributed by atoms with Crippen molar-refractivity contribution in [2.24, 2.45) is 0 Å². The highest BCUT2D eigenvalue weighted by molar-refractivity contribution is 7.99. The topological polar surface area (TPSA) is 85.2 Å². The minimum atomic E-state index is -0.284. The molecule has 4 aromatic rings. The van der Waals surface area contributed by atoms with Crippen molar-refractivity contribution in [3.63, 3.8) is 0 Å². The van der Waals surface area contributed by atoms with E-state index >= 15 is 0 Å². The number of carbonyl (C=O) groups is 2. The Balaban J connectivity index is 1.11. The first kappa shape index (κ1) is 30.6.